The van der Waals surface area contributed by atoms with Crippen LogP contribution < -0.4 is 5.32 Å². The van der Waals surface area contributed by atoms with Crippen molar-refractivity contribution in [2.45, 2.75) is 26.3 Å². The Morgan fingerprint density at radius 1 is 1.53 bits per heavy atom. The molecule has 0 radical (unpaired) electrons. The molecule has 92 valence electrons. The van der Waals surface area contributed by atoms with Gasteiger partial charge in [0.1, 0.15) is 6.29 Å². The maximum absolute atomic E-state index is 11.6. The third-order valence-electron chi connectivity index (χ3n) is 2.60. The van der Waals surface area contributed by atoms with Gasteiger partial charge in [-0.05, 0) is 31.5 Å². The van der Waals surface area contributed by atoms with E-state index in [4.69, 9.17) is 4.74 Å². The molecule has 4 heteroatoms. The maximum Gasteiger partial charge on any atom is 0.339 e. The SMILES string of the molecule is CC[C@H](C)Nc1ccc(C=O)cc1C(=O)OC. The van der Waals surface area contributed by atoms with Crippen molar-refractivity contribution >= 4 is 17.9 Å². The van der Waals surface area contributed by atoms with E-state index in [2.05, 4.69) is 12.2 Å². The second-order valence-corrected chi connectivity index (χ2v) is 3.87. The standard InChI is InChI=1S/C13H17NO3/c1-4-9(2)14-12-6-5-10(8-15)7-11(12)13(16)17-3/h5-9,14H,4H2,1-3H3/t9-/m0/s1. The molecule has 0 saturated carbocycles. The zero-order valence-electron chi connectivity index (χ0n) is 10.3. The number of esters is 1. The number of methoxy groups -OCH3 is 1. The molecule has 0 aliphatic carbocycles. The predicted octanol–water partition coefficient (Wildman–Crippen LogP) is 2.50. The number of hydrogen-bond acceptors (Lipinski definition) is 4. The van der Waals surface area contributed by atoms with Crippen LogP contribution in [0.1, 0.15) is 41.0 Å². The Bertz CT molecular complexity index is 415. The predicted molar refractivity (Wildman–Crippen MR) is 66.5 cm³/mol. The molecule has 1 rings (SSSR count). The Kier molecular flexibility index (Phi) is 4.69. The van der Waals surface area contributed by atoms with Crippen LogP contribution in [0.5, 0.6) is 0 Å². The summed E-state index contributed by atoms with van der Waals surface area (Å²) in [5.74, 6) is -0.445. The van der Waals surface area contributed by atoms with Gasteiger partial charge in [0.15, 0.2) is 0 Å². The molecule has 0 fully saturated rings. The molecule has 1 atom stereocenters. The quantitative estimate of drug-likeness (QED) is 0.629. The number of benzene rings is 1. The summed E-state index contributed by atoms with van der Waals surface area (Å²) in [6.45, 7) is 4.07. The van der Waals surface area contributed by atoms with Gasteiger partial charge in [-0.2, -0.15) is 0 Å². The maximum atomic E-state index is 11.6. The number of carbonyl (C=O) groups excluding carboxylic acids is 2. The number of aldehydes is 1. The molecule has 0 aliphatic heterocycles. The molecular formula is C13H17NO3. The Balaban J connectivity index is 3.10. The molecule has 0 aromatic heterocycles. The van der Waals surface area contributed by atoms with E-state index in [-0.39, 0.29) is 6.04 Å². The second kappa shape index (κ2) is 6.03. The van der Waals surface area contributed by atoms with Crippen molar-refractivity contribution in [2.75, 3.05) is 12.4 Å². The van der Waals surface area contributed by atoms with Crippen molar-refractivity contribution in [3.8, 4) is 0 Å². The van der Waals surface area contributed by atoms with E-state index < -0.39 is 5.97 Å². The third kappa shape index (κ3) is 3.31. The third-order valence-corrected chi connectivity index (χ3v) is 2.60. The topological polar surface area (TPSA) is 55.4 Å². The van der Waals surface area contributed by atoms with Gasteiger partial charge in [-0.3, -0.25) is 4.79 Å². The fraction of sp³-hybridized carbons (Fsp3) is 0.385. The van der Waals surface area contributed by atoms with E-state index in [0.29, 0.717) is 23.1 Å². The zero-order chi connectivity index (χ0) is 12.8. The van der Waals surface area contributed by atoms with Gasteiger partial charge in [-0.25, -0.2) is 4.79 Å². The molecule has 1 N–H and O–H groups in total. The van der Waals surface area contributed by atoms with Crippen molar-refractivity contribution in [1.29, 1.82) is 0 Å². The monoisotopic (exact) mass is 235 g/mol. The van der Waals surface area contributed by atoms with Gasteiger partial charge in [0, 0.05) is 17.3 Å². The first-order valence-corrected chi connectivity index (χ1v) is 5.56. The first kappa shape index (κ1) is 13.2. The summed E-state index contributed by atoms with van der Waals surface area (Å²) in [7, 11) is 1.32. The highest BCUT2D eigenvalue weighted by Crippen LogP contribution is 2.19. The van der Waals surface area contributed by atoms with Crippen LogP contribution in [0, 0.1) is 0 Å². The highest BCUT2D eigenvalue weighted by molar-refractivity contribution is 5.97. The zero-order valence-corrected chi connectivity index (χ0v) is 10.3. The number of nitrogens with one attached hydrogen (secondary N) is 1. The van der Waals surface area contributed by atoms with Crippen molar-refractivity contribution in [3.05, 3.63) is 29.3 Å². The summed E-state index contributed by atoms with van der Waals surface area (Å²) in [6, 6.07) is 5.18. The van der Waals surface area contributed by atoms with Crippen LogP contribution in [0.4, 0.5) is 5.69 Å². The van der Waals surface area contributed by atoms with Gasteiger partial charge in [-0.1, -0.05) is 6.92 Å². The average Bonchev–Trinajstić information content (AvgIpc) is 2.38. The van der Waals surface area contributed by atoms with Crippen molar-refractivity contribution < 1.29 is 14.3 Å². The summed E-state index contributed by atoms with van der Waals surface area (Å²) in [5.41, 5.74) is 1.54. The normalized spacial score (nSPS) is 11.7. The molecule has 1 aromatic carbocycles. The number of ether oxygens (including phenoxy) is 1. The van der Waals surface area contributed by atoms with Crippen molar-refractivity contribution in [1.82, 2.24) is 0 Å². The summed E-state index contributed by atoms with van der Waals surface area (Å²) in [5, 5.41) is 3.21. The van der Waals surface area contributed by atoms with Crippen LogP contribution >= 0.6 is 0 Å². The van der Waals surface area contributed by atoms with Crippen LogP contribution in [0.15, 0.2) is 18.2 Å². The molecule has 0 heterocycles. The lowest BCUT2D eigenvalue weighted by atomic mass is 10.1. The highest BCUT2D eigenvalue weighted by Gasteiger charge is 2.13. The second-order valence-electron chi connectivity index (χ2n) is 3.87. The van der Waals surface area contributed by atoms with Gasteiger partial charge in [0.25, 0.3) is 0 Å². The smallest absolute Gasteiger partial charge is 0.339 e. The van der Waals surface area contributed by atoms with Gasteiger partial charge in [-0.15, -0.1) is 0 Å². The highest BCUT2D eigenvalue weighted by atomic mass is 16.5. The number of hydrogen-bond donors (Lipinski definition) is 1. The van der Waals surface area contributed by atoms with E-state index in [9.17, 15) is 9.59 Å². The van der Waals surface area contributed by atoms with Gasteiger partial charge < -0.3 is 10.1 Å². The first-order chi connectivity index (χ1) is 8.12. The Hall–Kier alpha value is -1.84. The summed E-state index contributed by atoms with van der Waals surface area (Å²) in [4.78, 5) is 22.3. The lowest BCUT2D eigenvalue weighted by Gasteiger charge is -2.16. The van der Waals surface area contributed by atoms with Crippen molar-refractivity contribution in [3.63, 3.8) is 0 Å². The molecule has 0 saturated heterocycles. The summed E-state index contributed by atoms with van der Waals surface area (Å²) >= 11 is 0. The molecule has 4 nitrogen and oxygen atoms in total. The van der Waals surface area contributed by atoms with Gasteiger partial charge >= 0.3 is 5.97 Å². The van der Waals surface area contributed by atoms with E-state index >= 15 is 0 Å². The van der Waals surface area contributed by atoms with Gasteiger partial charge in [0.2, 0.25) is 0 Å². The van der Waals surface area contributed by atoms with E-state index in [1.54, 1.807) is 12.1 Å². The fourth-order valence-electron chi connectivity index (χ4n) is 1.41. The molecule has 0 bridgehead atoms. The lowest BCUT2D eigenvalue weighted by molar-refractivity contribution is 0.0602. The van der Waals surface area contributed by atoms with Crippen LogP contribution in [-0.2, 0) is 4.74 Å². The van der Waals surface area contributed by atoms with E-state index in [1.165, 1.54) is 13.2 Å². The minimum absolute atomic E-state index is 0.250. The van der Waals surface area contributed by atoms with Crippen LogP contribution in [0.3, 0.4) is 0 Å². The molecular weight excluding hydrogens is 218 g/mol. The Morgan fingerprint density at radius 3 is 2.76 bits per heavy atom. The molecule has 0 spiro atoms. The van der Waals surface area contributed by atoms with Crippen LogP contribution in [0.25, 0.3) is 0 Å². The lowest BCUT2D eigenvalue weighted by Crippen LogP contribution is -2.17. The number of rotatable bonds is 5. The molecule has 17 heavy (non-hydrogen) atoms. The van der Waals surface area contributed by atoms with Gasteiger partial charge in [0.05, 0.1) is 12.7 Å². The largest absolute Gasteiger partial charge is 0.465 e. The van der Waals surface area contributed by atoms with Crippen molar-refractivity contribution in [2.24, 2.45) is 0 Å². The van der Waals surface area contributed by atoms with E-state index in [1.807, 2.05) is 6.92 Å². The minimum atomic E-state index is -0.445. The Labute approximate surface area is 101 Å². The Morgan fingerprint density at radius 2 is 2.24 bits per heavy atom. The molecule has 0 amide bonds. The minimum Gasteiger partial charge on any atom is -0.465 e. The van der Waals surface area contributed by atoms with Crippen LogP contribution in [-0.4, -0.2) is 25.4 Å². The van der Waals surface area contributed by atoms with E-state index in [0.717, 1.165) is 6.42 Å². The fourth-order valence-corrected chi connectivity index (χ4v) is 1.41. The number of anilines is 1. The molecule has 1 aromatic rings. The number of carbonyl (C=O) groups is 2. The summed E-state index contributed by atoms with van der Waals surface area (Å²) < 4.78 is 4.70. The van der Waals surface area contributed by atoms with Crippen LogP contribution in [0.2, 0.25) is 0 Å². The average molecular weight is 235 g/mol. The summed E-state index contributed by atoms with van der Waals surface area (Å²) in [6.07, 6.45) is 1.65. The first-order valence-electron chi connectivity index (χ1n) is 5.56. The molecule has 0 aliphatic rings. The molecule has 0 unspecified atom stereocenters.